The van der Waals surface area contributed by atoms with Crippen molar-refractivity contribution in [2.24, 2.45) is 5.11 Å². The van der Waals surface area contributed by atoms with Crippen LogP contribution in [0, 0.1) is 0 Å². The van der Waals surface area contributed by atoms with E-state index in [4.69, 9.17) is 5.53 Å². The highest BCUT2D eigenvalue weighted by Gasteiger charge is 2.11. The van der Waals surface area contributed by atoms with Gasteiger partial charge in [-0.05, 0) is 40.9 Å². The maximum Gasteiger partial charge on any atom is 0.341 e. The largest absolute Gasteiger partial charge is 0.507 e. The lowest BCUT2D eigenvalue weighted by Gasteiger charge is -2.03. The summed E-state index contributed by atoms with van der Waals surface area (Å²) in [6.07, 6.45) is 0. The lowest BCUT2D eigenvalue weighted by atomic mass is 10.1. The van der Waals surface area contributed by atoms with Gasteiger partial charge in [0.05, 0.1) is 20.8 Å². The third kappa shape index (κ3) is 6.49. The third-order valence-electron chi connectivity index (χ3n) is 3.41. The number of phenolic OH excluding ortho intramolecular Hbond substituents is 2. The Bertz CT molecular complexity index is 897. The maximum atomic E-state index is 11.1. The summed E-state index contributed by atoms with van der Waals surface area (Å²) in [5, 5.41) is 22.8. The van der Waals surface area contributed by atoms with Crippen LogP contribution in [0.25, 0.3) is 10.4 Å². The van der Waals surface area contributed by atoms with Crippen LogP contribution < -0.4 is 0 Å². The van der Waals surface area contributed by atoms with Crippen LogP contribution in [0.15, 0.2) is 41.5 Å². The van der Waals surface area contributed by atoms with Gasteiger partial charge in [0.25, 0.3) is 0 Å². The minimum absolute atomic E-state index is 0.0520. The van der Waals surface area contributed by atoms with Crippen LogP contribution in [-0.2, 0) is 21.3 Å². The second-order valence-electron chi connectivity index (χ2n) is 5.21. The minimum atomic E-state index is -0.608. The summed E-state index contributed by atoms with van der Waals surface area (Å²) in [4.78, 5) is 24.7. The Labute approximate surface area is 169 Å². The van der Waals surface area contributed by atoms with Gasteiger partial charge in [-0.15, -0.1) is 0 Å². The molecule has 0 saturated carbocycles. The molecule has 0 unspecified atom stereocenters. The molecule has 28 heavy (non-hydrogen) atoms. The molecule has 148 valence electrons. The van der Waals surface area contributed by atoms with Crippen molar-refractivity contribution in [1.29, 1.82) is 0 Å². The Kier molecular flexibility index (Phi) is 9.35. The zero-order valence-electron chi connectivity index (χ0n) is 15.1. The summed E-state index contributed by atoms with van der Waals surface area (Å²) < 4.78 is 8.94. The second kappa shape index (κ2) is 11.5. The zero-order chi connectivity index (χ0) is 21.1. The molecular formula is C18H18BrN3O6. The van der Waals surface area contributed by atoms with Crippen LogP contribution in [0.5, 0.6) is 11.5 Å². The molecule has 0 fully saturated rings. The molecule has 0 heterocycles. The Hall–Kier alpha value is -3.23. The van der Waals surface area contributed by atoms with Crippen LogP contribution in [0.3, 0.4) is 0 Å². The summed E-state index contributed by atoms with van der Waals surface area (Å²) in [5.74, 6) is -1.38. The van der Waals surface area contributed by atoms with Gasteiger partial charge in [0.15, 0.2) is 0 Å². The molecule has 0 aliphatic heterocycles. The Morgan fingerprint density at radius 1 is 1.00 bits per heavy atom. The van der Waals surface area contributed by atoms with Crippen LogP contribution in [0.2, 0.25) is 0 Å². The first-order chi connectivity index (χ1) is 13.4. The zero-order valence-corrected chi connectivity index (χ0v) is 16.7. The van der Waals surface area contributed by atoms with E-state index in [1.165, 1.54) is 38.5 Å². The fraction of sp³-hybridized carbons (Fsp3) is 0.222. The lowest BCUT2D eigenvalue weighted by molar-refractivity contribution is 0.0588. The molecule has 0 atom stereocenters. The monoisotopic (exact) mass is 451 g/mol. The average molecular weight is 452 g/mol. The molecule has 10 heteroatoms. The second-order valence-corrected chi connectivity index (χ2v) is 5.77. The van der Waals surface area contributed by atoms with E-state index >= 15 is 0 Å². The van der Waals surface area contributed by atoms with Crippen molar-refractivity contribution in [3.8, 4) is 11.5 Å². The van der Waals surface area contributed by atoms with Crippen molar-refractivity contribution in [3.05, 3.63) is 69.1 Å². The number of methoxy groups -OCH3 is 2. The molecule has 0 radical (unpaired) electrons. The summed E-state index contributed by atoms with van der Waals surface area (Å²) in [5.41, 5.74) is 9.90. The van der Waals surface area contributed by atoms with Crippen LogP contribution in [0.4, 0.5) is 0 Å². The molecule has 0 aromatic heterocycles. The Balaban J connectivity index is 0.000000283. The molecule has 2 N–H and O–H groups in total. The number of hydrogen-bond donors (Lipinski definition) is 2. The van der Waals surface area contributed by atoms with Gasteiger partial charge in [-0.25, -0.2) is 9.59 Å². The highest BCUT2D eigenvalue weighted by molar-refractivity contribution is 9.08. The van der Waals surface area contributed by atoms with Gasteiger partial charge in [-0.1, -0.05) is 33.2 Å². The molecule has 0 bridgehead atoms. The van der Waals surface area contributed by atoms with Crippen LogP contribution >= 0.6 is 15.9 Å². The lowest BCUT2D eigenvalue weighted by Crippen LogP contribution is -2.01. The molecule has 9 nitrogen and oxygen atoms in total. The van der Waals surface area contributed by atoms with E-state index in [1.807, 2.05) is 0 Å². The van der Waals surface area contributed by atoms with E-state index < -0.39 is 11.9 Å². The number of ether oxygens (including phenoxy) is 2. The number of aromatic hydroxyl groups is 2. The first kappa shape index (κ1) is 22.8. The number of hydrogen-bond acceptors (Lipinski definition) is 7. The summed E-state index contributed by atoms with van der Waals surface area (Å²) >= 11 is 3.24. The number of azide groups is 1. The highest BCUT2D eigenvalue weighted by Crippen LogP contribution is 2.21. The van der Waals surface area contributed by atoms with E-state index in [0.29, 0.717) is 10.9 Å². The normalized spacial score (nSPS) is 9.39. The van der Waals surface area contributed by atoms with Gasteiger partial charge < -0.3 is 19.7 Å². The van der Waals surface area contributed by atoms with E-state index in [1.54, 1.807) is 12.1 Å². The number of halogens is 1. The van der Waals surface area contributed by atoms with E-state index in [9.17, 15) is 19.8 Å². The molecular weight excluding hydrogens is 434 g/mol. The van der Waals surface area contributed by atoms with Gasteiger partial charge in [0.1, 0.15) is 22.6 Å². The quantitative estimate of drug-likeness (QED) is 0.230. The topological polar surface area (TPSA) is 142 Å². The van der Waals surface area contributed by atoms with Gasteiger partial charge in [-0.2, -0.15) is 0 Å². The van der Waals surface area contributed by atoms with Crippen molar-refractivity contribution in [3.63, 3.8) is 0 Å². The number of rotatable bonds is 5. The number of phenols is 2. The molecule has 0 spiro atoms. The number of carbonyl (C=O) groups excluding carboxylic acids is 2. The predicted molar refractivity (Wildman–Crippen MR) is 104 cm³/mol. The SMILES string of the molecule is COC(=O)c1ccc(CBr)cc1O.COC(=O)c1ccc(CN=[N+]=[N-])cc1O. The summed E-state index contributed by atoms with van der Waals surface area (Å²) in [7, 11) is 2.51. The van der Waals surface area contributed by atoms with Gasteiger partial charge in [-0.3, -0.25) is 0 Å². The molecule has 2 rings (SSSR count). The number of benzene rings is 2. The summed E-state index contributed by atoms with van der Waals surface area (Å²) in [6, 6.07) is 9.18. The highest BCUT2D eigenvalue weighted by atomic mass is 79.9. The van der Waals surface area contributed by atoms with Crippen molar-refractivity contribution < 1.29 is 29.3 Å². The van der Waals surface area contributed by atoms with Crippen molar-refractivity contribution in [1.82, 2.24) is 0 Å². The number of alkyl halides is 1. The Morgan fingerprint density at radius 3 is 1.86 bits per heavy atom. The maximum absolute atomic E-state index is 11.1. The number of nitrogens with zero attached hydrogens (tertiary/aromatic N) is 3. The van der Waals surface area contributed by atoms with Gasteiger partial charge in [0.2, 0.25) is 0 Å². The number of carbonyl (C=O) groups is 2. The first-order valence-corrected chi connectivity index (χ1v) is 8.87. The fourth-order valence-corrected chi connectivity index (χ4v) is 2.36. The Morgan fingerprint density at radius 2 is 1.46 bits per heavy atom. The van der Waals surface area contributed by atoms with E-state index in [-0.39, 0.29) is 29.2 Å². The van der Waals surface area contributed by atoms with Crippen molar-refractivity contribution in [2.75, 3.05) is 14.2 Å². The predicted octanol–water partition coefficient (Wildman–Crippen LogP) is 4.06. The first-order valence-electron chi connectivity index (χ1n) is 7.75. The summed E-state index contributed by atoms with van der Waals surface area (Å²) in [6.45, 7) is 0.130. The van der Waals surface area contributed by atoms with Crippen LogP contribution in [0.1, 0.15) is 31.8 Å². The number of esters is 2. The average Bonchev–Trinajstić information content (AvgIpc) is 2.71. The third-order valence-corrected chi connectivity index (χ3v) is 4.05. The van der Waals surface area contributed by atoms with E-state index in [0.717, 1.165) is 5.56 Å². The standard InChI is InChI=1S/C9H9BrO3.C9H9N3O3/c1-13-9(12)7-3-2-6(5-10)4-8(7)11;1-15-9(14)7-3-2-6(4-8(7)13)5-11-12-10/h2-4,11H,5H2,1H3;2-4,13H,5H2,1H3. The molecule has 2 aromatic carbocycles. The fourth-order valence-electron chi connectivity index (χ4n) is 2.01. The van der Waals surface area contributed by atoms with Gasteiger partial charge >= 0.3 is 11.9 Å². The molecule has 0 aliphatic carbocycles. The molecule has 0 amide bonds. The van der Waals surface area contributed by atoms with Crippen LogP contribution in [-0.4, -0.2) is 36.4 Å². The minimum Gasteiger partial charge on any atom is -0.507 e. The van der Waals surface area contributed by atoms with Gasteiger partial charge in [0, 0.05) is 10.2 Å². The smallest absolute Gasteiger partial charge is 0.341 e. The van der Waals surface area contributed by atoms with Crippen molar-refractivity contribution in [2.45, 2.75) is 11.9 Å². The molecule has 0 saturated heterocycles. The van der Waals surface area contributed by atoms with Crippen molar-refractivity contribution >= 4 is 27.9 Å². The molecule has 0 aliphatic rings. The molecule has 2 aromatic rings. The van der Waals surface area contributed by atoms with E-state index in [2.05, 4.69) is 35.4 Å².